The molecule has 0 saturated carbocycles. The highest BCUT2D eigenvalue weighted by atomic mass is 32.2. The van der Waals surface area contributed by atoms with Crippen LogP contribution in [0.15, 0.2) is 67.0 Å². The van der Waals surface area contributed by atoms with Gasteiger partial charge in [0.2, 0.25) is 0 Å². The Balaban J connectivity index is 1.36. The molecule has 1 fully saturated rings. The number of anilines is 1. The van der Waals surface area contributed by atoms with Gasteiger partial charge < -0.3 is 16.0 Å². The van der Waals surface area contributed by atoms with Crippen molar-refractivity contribution < 1.29 is 0 Å². The van der Waals surface area contributed by atoms with Gasteiger partial charge in [0.25, 0.3) is 0 Å². The third kappa shape index (κ3) is 4.74. The minimum Gasteiger partial charge on any atom is -0.404 e. The summed E-state index contributed by atoms with van der Waals surface area (Å²) in [6, 6.07) is 17.1. The Morgan fingerprint density at radius 2 is 2.07 bits per heavy atom. The highest BCUT2D eigenvalue weighted by molar-refractivity contribution is 7.96. The van der Waals surface area contributed by atoms with Crippen molar-refractivity contribution in [1.29, 1.82) is 5.41 Å². The quantitative estimate of drug-likeness (QED) is 0.520. The number of nitrogens with one attached hydrogen (secondary N) is 1. The zero-order chi connectivity index (χ0) is 20.1. The van der Waals surface area contributed by atoms with Crippen LogP contribution in [0.5, 0.6) is 0 Å². The number of hydrogen-bond donors (Lipinski definition) is 2. The van der Waals surface area contributed by atoms with Gasteiger partial charge in [0.05, 0.1) is 0 Å². The van der Waals surface area contributed by atoms with Crippen LogP contribution in [-0.4, -0.2) is 30.2 Å². The predicted octanol–water partition coefficient (Wildman–Crippen LogP) is 4.68. The second kappa shape index (κ2) is 9.33. The van der Waals surface area contributed by atoms with Crippen LogP contribution in [0.1, 0.15) is 23.1 Å². The van der Waals surface area contributed by atoms with Crippen LogP contribution >= 0.6 is 11.9 Å². The van der Waals surface area contributed by atoms with Crippen LogP contribution in [0, 0.1) is 11.3 Å². The van der Waals surface area contributed by atoms with E-state index in [2.05, 4.69) is 70.0 Å². The van der Waals surface area contributed by atoms with Crippen molar-refractivity contribution in [3.63, 3.8) is 0 Å². The lowest BCUT2D eigenvalue weighted by atomic mass is 9.98. The molecule has 4 rings (SSSR count). The summed E-state index contributed by atoms with van der Waals surface area (Å²) in [5.74, 6) is 1.72. The molecule has 2 aromatic carbocycles. The molecule has 2 heterocycles. The van der Waals surface area contributed by atoms with Crippen molar-refractivity contribution in [3.05, 3.63) is 83.7 Å². The Hall–Kier alpha value is -2.50. The molecule has 2 aliphatic heterocycles. The molecular formula is C24H28N4S. The predicted molar refractivity (Wildman–Crippen MR) is 125 cm³/mol. The van der Waals surface area contributed by atoms with E-state index in [-0.39, 0.29) is 0 Å². The molecule has 1 saturated heterocycles. The Morgan fingerprint density at radius 3 is 2.86 bits per heavy atom. The lowest BCUT2D eigenvalue weighted by molar-refractivity contribution is 0.524. The van der Waals surface area contributed by atoms with Crippen LogP contribution in [0.4, 0.5) is 5.69 Å². The van der Waals surface area contributed by atoms with E-state index in [0.29, 0.717) is 5.92 Å². The summed E-state index contributed by atoms with van der Waals surface area (Å²) in [5.41, 5.74) is 11.4. The summed E-state index contributed by atoms with van der Waals surface area (Å²) < 4.78 is 2.53. The molecule has 150 valence electrons. The first-order valence-corrected chi connectivity index (χ1v) is 11.1. The first-order chi connectivity index (χ1) is 14.3. The topological polar surface area (TPSA) is 56.4 Å². The number of benzene rings is 2. The molecule has 0 amide bonds. The first kappa shape index (κ1) is 19.8. The fourth-order valence-electron chi connectivity index (χ4n) is 4.06. The second-order valence-corrected chi connectivity index (χ2v) is 8.72. The maximum absolute atomic E-state index is 7.53. The minimum absolute atomic E-state index is 0.676. The molecule has 1 atom stereocenters. The molecule has 2 aromatic rings. The lowest BCUT2D eigenvalue weighted by Gasteiger charge is -2.29. The van der Waals surface area contributed by atoms with E-state index in [1.54, 1.807) is 0 Å². The standard InChI is InChI=1S/C24H28N4S/c25-14-23(15-26)21-8-9-24-22(13-21)7-4-11-27(24)16-20-10-12-28(17-20)29-18-19-5-2-1-3-6-19/h1-6,8-9,11,13-15,20,25H,7,10,12,16-18,26H2/b23-15+,25-14?. The highest BCUT2D eigenvalue weighted by Gasteiger charge is 2.26. The monoisotopic (exact) mass is 404 g/mol. The van der Waals surface area contributed by atoms with Crippen LogP contribution in [0.3, 0.4) is 0 Å². The number of allylic oxidation sites excluding steroid dienone is 2. The normalized spacial score (nSPS) is 19.4. The van der Waals surface area contributed by atoms with E-state index >= 15 is 0 Å². The van der Waals surface area contributed by atoms with Crippen molar-refractivity contribution in [2.75, 3.05) is 24.5 Å². The summed E-state index contributed by atoms with van der Waals surface area (Å²) >= 11 is 1.96. The third-order valence-electron chi connectivity index (χ3n) is 5.64. The van der Waals surface area contributed by atoms with Crippen molar-refractivity contribution in [2.45, 2.75) is 18.6 Å². The molecule has 0 spiro atoms. The molecule has 0 aliphatic carbocycles. The van der Waals surface area contributed by atoms with E-state index in [4.69, 9.17) is 11.1 Å². The highest BCUT2D eigenvalue weighted by Crippen LogP contribution is 2.32. The van der Waals surface area contributed by atoms with Gasteiger partial charge in [-0.15, -0.1) is 0 Å². The van der Waals surface area contributed by atoms with Gasteiger partial charge in [0.15, 0.2) is 0 Å². The maximum atomic E-state index is 7.53. The van der Waals surface area contributed by atoms with Crippen molar-refractivity contribution in [1.82, 2.24) is 4.31 Å². The Labute approximate surface area is 177 Å². The zero-order valence-electron chi connectivity index (χ0n) is 16.6. The number of hydrogen-bond acceptors (Lipinski definition) is 5. The largest absolute Gasteiger partial charge is 0.404 e. The second-order valence-electron chi connectivity index (χ2n) is 7.65. The molecule has 0 aromatic heterocycles. The van der Waals surface area contributed by atoms with Gasteiger partial charge in [-0.2, -0.15) is 0 Å². The third-order valence-corrected chi connectivity index (χ3v) is 6.80. The fraction of sp³-hybridized carbons (Fsp3) is 0.292. The summed E-state index contributed by atoms with van der Waals surface area (Å²) in [6.07, 6.45) is 9.47. The Morgan fingerprint density at radius 1 is 1.21 bits per heavy atom. The SMILES string of the molecule is N=C/C(=C\N)c1ccc2c(c1)CC=CN2CC1CCN(SCc2ccccc2)C1. The smallest absolute Gasteiger partial charge is 0.0442 e. The van der Waals surface area contributed by atoms with Crippen LogP contribution in [0.25, 0.3) is 5.57 Å². The summed E-state index contributed by atoms with van der Waals surface area (Å²) in [6.45, 7) is 3.36. The van der Waals surface area contributed by atoms with Gasteiger partial charge in [0.1, 0.15) is 0 Å². The van der Waals surface area contributed by atoms with Gasteiger partial charge >= 0.3 is 0 Å². The van der Waals surface area contributed by atoms with Gasteiger partial charge in [-0.25, -0.2) is 4.31 Å². The molecule has 4 nitrogen and oxygen atoms in total. The molecule has 1 unspecified atom stereocenters. The molecule has 5 heteroatoms. The van der Waals surface area contributed by atoms with Crippen LogP contribution < -0.4 is 10.6 Å². The van der Waals surface area contributed by atoms with E-state index in [1.165, 1.54) is 35.6 Å². The summed E-state index contributed by atoms with van der Waals surface area (Å²) in [4.78, 5) is 2.40. The molecule has 29 heavy (non-hydrogen) atoms. The van der Waals surface area contributed by atoms with Gasteiger partial charge in [-0.05, 0) is 47.6 Å². The summed E-state index contributed by atoms with van der Waals surface area (Å²) in [5, 5.41) is 7.53. The van der Waals surface area contributed by atoms with Gasteiger partial charge in [0, 0.05) is 55.3 Å². The molecule has 2 aliphatic rings. The maximum Gasteiger partial charge on any atom is 0.0442 e. The van der Waals surface area contributed by atoms with E-state index in [1.807, 2.05) is 11.9 Å². The summed E-state index contributed by atoms with van der Waals surface area (Å²) in [7, 11) is 0. The van der Waals surface area contributed by atoms with Crippen LogP contribution in [0.2, 0.25) is 0 Å². The number of rotatable bonds is 7. The minimum atomic E-state index is 0.676. The Kier molecular flexibility index (Phi) is 6.37. The van der Waals surface area contributed by atoms with E-state index in [9.17, 15) is 0 Å². The average Bonchev–Trinajstić information content (AvgIpc) is 3.21. The Bertz CT molecular complexity index is 906. The molecule has 0 bridgehead atoms. The van der Waals surface area contributed by atoms with Gasteiger partial charge in [-0.3, -0.25) is 0 Å². The molecule has 3 N–H and O–H groups in total. The number of nitrogens with two attached hydrogens (primary N) is 1. The van der Waals surface area contributed by atoms with Crippen LogP contribution in [-0.2, 0) is 12.2 Å². The zero-order valence-corrected chi connectivity index (χ0v) is 17.4. The van der Waals surface area contributed by atoms with Crippen molar-refractivity contribution in [3.8, 4) is 0 Å². The van der Waals surface area contributed by atoms with Gasteiger partial charge in [-0.1, -0.05) is 54.4 Å². The van der Waals surface area contributed by atoms with E-state index in [0.717, 1.165) is 42.9 Å². The van der Waals surface area contributed by atoms with Crippen molar-refractivity contribution >= 4 is 29.4 Å². The number of fused-ring (bicyclic) bond motifs is 1. The van der Waals surface area contributed by atoms with E-state index < -0.39 is 0 Å². The van der Waals surface area contributed by atoms with Crippen molar-refractivity contribution in [2.24, 2.45) is 11.7 Å². The molecular weight excluding hydrogens is 376 g/mol. The fourth-order valence-corrected chi connectivity index (χ4v) is 5.14. The first-order valence-electron chi connectivity index (χ1n) is 10.2. The number of nitrogens with zero attached hydrogens (tertiary/aromatic N) is 2. The average molecular weight is 405 g/mol. The lowest BCUT2D eigenvalue weighted by Crippen LogP contribution is -2.28. The molecule has 0 radical (unpaired) electrons.